The molecule has 0 rings (SSSR count). The molecule has 0 aromatic rings. The van der Waals surface area contributed by atoms with Crippen LogP contribution in [0.15, 0.2) is 0 Å². The number of nitrogens with zero attached hydrogens (tertiary/aromatic N) is 1. The topological polar surface area (TPSA) is 87.1 Å². The van der Waals surface area contributed by atoms with Crippen LogP contribution in [0.25, 0.3) is 0 Å². The molecule has 2 N–H and O–H groups in total. The smallest absolute Gasteiger partial charge is 0.395 e. The fourth-order valence-electron chi connectivity index (χ4n) is 5.69. The van der Waals surface area contributed by atoms with E-state index in [1.807, 2.05) is 0 Å². The van der Waals surface area contributed by atoms with Crippen molar-refractivity contribution in [1.82, 2.24) is 4.90 Å². The standard InChI is InChI=1S/C35H73NO.CH4O4S/c1-4-6-8-10-12-14-16-18-20-22-24-26-28-30-32-36(35(3)34-37)33-31-29-27-25-23-21-19-17-15-13-11-9-7-5-2;1-5-6(2,3)4/h35,37H,4-34H2,1-3H3;1H3,(H,2,3,4). The third-order valence-electron chi connectivity index (χ3n) is 8.70. The van der Waals surface area contributed by atoms with E-state index in [-0.39, 0.29) is 0 Å². The molecule has 0 amide bonds. The molecule has 0 aliphatic heterocycles. The normalized spacial score (nSPS) is 12.4. The number of unbranched alkanes of at least 4 members (excludes halogenated alkanes) is 26. The third-order valence-corrected chi connectivity index (χ3v) is 9.12. The van der Waals surface area contributed by atoms with E-state index in [4.69, 9.17) is 4.55 Å². The van der Waals surface area contributed by atoms with E-state index in [1.54, 1.807) is 0 Å². The quantitative estimate of drug-likeness (QED) is 0.0551. The molecule has 0 aromatic carbocycles. The minimum absolute atomic E-state index is 0.303. The molecule has 1 atom stereocenters. The predicted octanol–water partition coefficient (Wildman–Crippen LogP) is 11.1. The molecular weight excluding hydrogens is 558 g/mol. The molecule has 0 saturated carbocycles. The van der Waals surface area contributed by atoms with Crippen molar-refractivity contribution < 1.29 is 22.3 Å². The molecule has 0 aromatic heterocycles. The SMILES string of the molecule is CCCCCCCCCCCCCCCCN(CCCCCCCCCCCCCCCC)C(C)CO.COS(=O)(=O)O. The van der Waals surface area contributed by atoms with Crippen LogP contribution in [0, 0.1) is 0 Å². The van der Waals surface area contributed by atoms with Crippen LogP contribution in [0.1, 0.15) is 201 Å². The Balaban J connectivity index is 0. The van der Waals surface area contributed by atoms with Crippen LogP contribution in [0.5, 0.6) is 0 Å². The van der Waals surface area contributed by atoms with Crippen molar-refractivity contribution in [3.63, 3.8) is 0 Å². The molecule has 0 aliphatic carbocycles. The highest BCUT2D eigenvalue weighted by molar-refractivity contribution is 7.80. The fraction of sp³-hybridized carbons (Fsp3) is 1.00. The van der Waals surface area contributed by atoms with Crippen LogP contribution in [0.4, 0.5) is 0 Å². The summed E-state index contributed by atoms with van der Waals surface area (Å²) >= 11 is 0. The van der Waals surface area contributed by atoms with Crippen LogP contribution in [-0.4, -0.2) is 55.8 Å². The van der Waals surface area contributed by atoms with Gasteiger partial charge in [0.15, 0.2) is 0 Å². The summed E-state index contributed by atoms with van der Waals surface area (Å²) in [4.78, 5) is 2.56. The summed E-state index contributed by atoms with van der Waals surface area (Å²) < 4.78 is 29.7. The maximum absolute atomic E-state index is 9.69. The van der Waals surface area contributed by atoms with Crippen molar-refractivity contribution >= 4 is 10.4 Å². The van der Waals surface area contributed by atoms with Gasteiger partial charge in [0, 0.05) is 6.04 Å². The van der Waals surface area contributed by atoms with Crippen molar-refractivity contribution in [2.75, 3.05) is 26.8 Å². The molecule has 0 heterocycles. The number of aliphatic hydroxyl groups is 1. The van der Waals surface area contributed by atoms with Crippen molar-refractivity contribution in [2.45, 2.75) is 207 Å². The van der Waals surface area contributed by atoms with Crippen LogP contribution in [0.2, 0.25) is 0 Å². The molecule has 0 saturated heterocycles. The van der Waals surface area contributed by atoms with E-state index in [0.717, 1.165) is 7.11 Å². The first kappa shape index (κ1) is 44.9. The van der Waals surface area contributed by atoms with E-state index in [1.165, 1.54) is 193 Å². The van der Waals surface area contributed by atoms with Crippen molar-refractivity contribution in [3.8, 4) is 0 Å². The van der Waals surface area contributed by atoms with Gasteiger partial charge in [-0.05, 0) is 32.9 Å². The first-order chi connectivity index (χ1) is 20.8. The molecule has 0 radical (unpaired) electrons. The lowest BCUT2D eigenvalue weighted by Crippen LogP contribution is -2.37. The van der Waals surface area contributed by atoms with Crippen LogP contribution in [0.3, 0.4) is 0 Å². The zero-order valence-corrected chi connectivity index (χ0v) is 30.3. The highest BCUT2D eigenvalue weighted by Gasteiger charge is 2.12. The molecule has 262 valence electrons. The Bertz CT molecular complexity index is 585. The van der Waals surface area contributed by atoms with Gasteiger partial charge in [-0.25, -0.2) is 0 Å². The monoisotopic (exact) mass is 636 g/mol. The highest BCUT2D eigenvalue weighted by Crippen LogP contribution is 2.15. The summed E-state index contributed by atoms with van der Waals surface area (Å²) in [5.41, 5.74) is 0. The lowest BCUT2D eigenvalue weighted by molar-refractivity contribution is 0.130. The van der Waals surface area contributed by atoms with Gasteiger partial charge in [-0.2, -0.15) is 8.42 Å². The molecule has 43 heavy (non-hydrogen) atoms. The second-order valence-electron chi connectivity index (χ2n) is 12.9. The average molecular weight is 636 g/mol. The maximum Gasteiger partial charge on any atom is 0.397 e. The lowest BCUT2D eigenvalue weighted by atomic mass is 10.0. The molecule has 6 nitrogen and oxygen atoms in total. The van der Waals surface area contributed by atoms with Crippen LogP contribution >= 0.6 is 0 Å². The van der Waals surface area contributed by atoms with E-state index in [0.29, 0.717) is 12.6 Å². The average Bonchev–Trinajstić information content (AvgIpc) is 2.99. The van der Waals surface area contributed by atoms with Gasteiger partial charge in [-0.1, -0.05) is 181 Å². The maximum atomic E-state index is 9.69. The molecule has 0 spiro atoms. The molecule has 0 aliphatic rings. The van der Waals surface area contributed by atoms with Crippen LogP contribution < -0.4 is 0 Å². The summed E-state index contributed by atoms with van der Waals surface area (Å²) in [6.07, 6.45) is 39.8. The Labute approximate surface area is 270 Å². The van der Waals surface area contributed by atoms with Gasteiger partial charge in [0.1, 0.15) is 0 Å². The lowest BCUT2D eigenvalue weighted by Gasteiger charge is -2.27. The second-order valence-corrected chi connectivity index (χ2v) is 14.0. The Morgan fingerprint density at radius 2 is 0.721 bits per heavy atom. The summed E-state index contributed by atoms with van der Waals surface area (Å²) in [6.45, 7) is 9.46. The Kier molecular flexibility index (Phi) is 37.9. The first-order valence-electron chi connectivity index (χ1n) is 18.7. The van der Waals surface area contributed by atoms with Gasteiger partial charge in [-0.15, -0.1) is 0 Å². The van der Waals surface area contributed by atoms with Crippen LogP contribution in [-0.2, 0) is 14.6 Å². The minimum atomic E-state index is -4.16. The molecule has 0 fully saturated rings. The van der Waals surface area contributed by atoms with E-state index < -0.39 is 10.4 Å². The van der Waals surface area contributed by atoms with Crippen molar-refractivity contribution in [1.29, 1.82) is 0 Å². The fourth-order valence-corrected chi connectivity index (χ4v) is 5.69. The number of rotatable bonds is 33. The van der Waals surface area contributed by atoms with Gasteiger partial charge in [0.05, 0.1) is 13.7 Å². The molecule has 7 heteroatoms. The molecular formula is C36H77NO5S. The summed E-state index contributed by atoms with van der Waals surface area (Å²) in [5.74, 6) is 0. The van der Waals surface area contributed by atoms with E-state index in [2.05, 4.69) is 29.9 Å². The number of hydrogen-bond acceptors (Lipinski definition) is 5. The largest absolute Gasteiger partial charge is 0.397 e. The number of hydrogen-bond donors (Lipinski definition) is 2. The third kappa shape index (κ3) is 39.8. The van der Waals surface area contributed by atoms with Gasteiger partial charge in [-0.3, -0.25) is 13.6 Å². The van der Waals surface area contributed by atoms with Gasteiger partial charge < -0.3 is 5.11 Å². The minimum Gasteiger partial charge on any atom is -0.395 e. The summed E-state index contributed by atoms with van der Waals surface area (Å²) in [6, 6.07) is 0.323. The summed E-state index contributed by atoms with van der Waals surface area (Å²) in [5, 5.41) is 9.69. The summed E-state index contributed by atoms with van der Waals surface area (Å²) in [7, 11) is -3.29. The first-order valence-corrected chi connectivity index (χ1v) is 20.1. The number of aliphatic hydroxyl groups excluding tert-OH is 1. The Morgan fingerprint density at radius 3 is 0.907 bits per heavy atom. The van der Waals surface area contributed by atoms with E-state index >= 15 is 0 Å². The molecule has 0 bridgehead atoms. The second kappa shape index (κ2) is 36.3. The highest BCUT2D eigenvalue weighted by atomic mass is 32.3. The zero-order valence-electron chi connectivity index (χ0n) is 29.5. The Hall–Kier alpha value is -0.210. The van der Waals surface area contributed by atoms with E-state index in [9.17, 15) is 13.5 Å². The van der Waals surface area contributed by atoms with Gasteiger partial charge in [0.2, 0.25) is 0 Å². The van der Waals surface area contributed by atoms with Gasteiger partial charge >= 0.3 is 10.4 Å². The Morgan fingerprint density at radius 1 is 0.512 bits per heavy atom. The molecule has 1 unspecified atom stereocenters. The zero-order chi connectivity index (χ0) is 32.3. The van der Waals surface area contributed by atoms with Gasteiger partial charge in [0.25, 0.3) is 0 Å². The van der Waals surface area contributed by atoms with Crippen molar-refractivity contribution in [3.05, 3.63) is 0 Å². The predicted molar refractivity (Wildman–Crippen MR) is 187 cm³/mol. The van der Waals surface area contributed by atoms with Crippen molar-refractivity contribution in [2.24, 2.45) is 0 Å².